The Morgan fingerprint density at radius 1 is 1.75 bits per heavy atom. The summed E-state index contributed by atoms with van der Waals surface area (Å²) in [5, 5.41) is 3.92. The Kier molecular flexibility index (Phi) is 2.85. The van der Waals surface area contributed by atoms with Crippen LogP contribution in [0.4, 0.5) is 0 Å². The molecule has 0 atom stereocenters. The molecule has 0 fully saturated rings. The van der Waals surface area contributed by atoms with Crippen molar-refractivity contribution in [3.05, 3.63) is 12.4 Å². The average Bonchev–Trinajstić information content (AvgIpc) is 2.36. The molecule has 1 aromatic heterocycles. The summed E-state index contributed by atoms with van der Waals surface area (Å²) in [7, 11) is 0. The maximum atomic E-state index is 10.1. The molecule has 0 aliphatic rings. The highest BCUT2D eigenvalue weighted by Crippen LogP contribution is 2.09. The van der Waals surface area contributed by atoms with E-state index in [2.05, 4.69) is 5.10 Å². The highest BCUT2D eigenvalue weighted by molar-refractivity contribution is 5.48. The lowest BCUT2D eigenvalue weighted by atomic mass is 10.5. The Balaban J connectivity index is 2.57. The second kappa shape index (κ2) is 3.90. The fourth-order valence-corrected chi connectivity index (χ4v) is 0.854. The largest absolute Gasteiger partial charge is 0.488 e. The third-order valence-corrected chi connectivity index (χ3v) is 1.24. The molecule has 0 N–H and O–H groups in total. The maximum Gasteiger partial charge on any atom is 0.157 e. The Morgan fingerprint density at radius 2 is 2.50 bits per heavy atom. The zero-order valence-electron chi connectivity index (χ0n) is 7.23. The molecule has 0 amide bonds. The number of hydrogen-bond donors (Lipinski definition) is 0. The van der Waals surface area contributed by atoms with Crippen LogP contribution in [-0.4, -0.2) is 22.2 Å². The highest BCUT2D eigenvalue weighted by Gasteiger charge is 2.00. The van der Waals surface area contributed by atoms with Gasteiger partial charge in [-0.3, -0.25) is 4.68 Å². The van der Waals surface area contributed by atoms with Gasteiger partial charge in [0.1, 0.15) is 6.29 Å². The summed E-state index contributed by atoms with van der Waals surface area (Å²) in [6.45, 7) is 4.16. The van der Waals surface area contributed by atoms with Crippen LogP contribution < -0.4 is 4.74 Å². The fourth-order valence-electron chi connectivity index (χ4n) is 0.854. The minimum Gasteiger partial charge on any atom is -0.488 e. The summed E-state index contributed by atoms with van der Waals surface area (Å²) in [5.74, 6) is 0.701. The van der Waals surface area contributed by atoms with Crippen molar-refractivity contribution in [1.82, 2.24) is 9.78 Å². The standard InChI is InChI=1S/C8H12N2O2/c1-7(2)12-8-5-9-10(6-8)3-4-11/h4-7H,3H2,1-2H3. The van der Waals surface area contributed by atoms with Gasteiger partial charge < -0.3 is 9.53 Å². The van der Waals surface area contributed by atoms with Gasteiger partial charge >= 0.3 is 0 Å². The Morgan fingerprint density at radius 3 is 3.08 bits per heavy atom. The molecule has 12 heavy (non-hydrogen) atoms. The Bertz CT molecular complexity index is 255. The second-order valence-electron chi connectivity index (χ2n) is 2.73. The predicted octanol–water partition coefficient (Wildman–Crippen LogP) is 0.869. The minimum absolute atomic E-state index is 0.138. The zero-order valence-corrected chi connectivity index (χ0v) is 7.23. The molecular formula is C8H12N2O2. The second-order valence-corrected chi connectivity index (χ2v) is 2.73. The van der Waals surface area contributed by atoms with Crippen LogP contribution in [0.5, 0.6) is 5.75 Å². The van der Waals surface area contributed by atoms with Crippen LogP contribution in [0, 0.1) is 0 Å². The van der Waals surface area contributed by atoms with Gasteiger partial charge in [-0.05, 0) is 13.8 Å². The van der Waals surface area contributed by atoms with E-state index in [-0.39, 0.29) is 12.6 Å². The zero-order chi connectivity index (χ0) is 8.97. The normalized spacial score (nSPS) is 10.2. The quantitative estimate of drug-likeness (QED) is 0.626. The van der Waals surface area contributed by atoms with Gasteiger partial charge in [0, 0.05) is 0 Å². The van der Waals surface area contributed by atoms with Gasteiger partial charge in [-0.1, -0.05) is 0 Å². The van der Waals surface area contributed by atoms with E-state index < -0.39 is 0 Å². The molecule has 0 bridgehead atoms. The molecule has 66 valence electrons. The number of aromatic nitrogens is 2. The third kappa shape index (κ3) is 2.38. The fraction of sp³-hybridized carbons (Fsp3) is 0.500. The van der Waals surface area contributed by atoms with Crippen molar-refractivity contribution in [3.63, 3.8) is 0 Å². The summed E-state index contributed by atoms with van der Waals surface area (Å²) < 4.78 is 6.87. The number of ether oxygens (including phenoxy) is 1. The third-order valence-electron chi connectivity index (χ3n) is 1.24. The van der Waals surface area contributed by atoms with Crippen molar-refractivity contribution in [3.8, 4) is 5.75 Å². The van der Waals surface area contributed by atoms with Crippen LogP contribution in [0.3, 0.4) is 0 Å². The molecule has 4 heteroatoms. The van der Waals surface area contributed by atoms with Crippen molar-refractivity contribution < 1.29 is 9.53 Å². The molecule has 0 aliphatic heterocycles. The molecule has 0 unspecified atom stereocenters. The van der Waals surface area contributed by atoms with Crippen molar-refractivity contribution in [2.24, 2.45) is 0 Å². The summed E-state index contributed by atoms with van der Waals surface area (Å²) in [6.07, 6.45) is 4.24. The van der Waals surface area contributed by atoms with Crippen LogP contribution >= 0.6 is 0 Å². The summed E-state index contributed by atoms with van der Waals surface area (Å²) >= 11 is 0. The lowest BCUT2D eigenvalue weighted by Crippen LogP contribution is -2.04. The van der Waals surface area contributed by atoms with E-state index in [0.29, 0.717) is 5.75 Å². The average molecular weight is 168 g/mol. The number of aldehydes is 1. The molecule has 1 heterocycles. The van der Waals surface area contributed by atoms with Crippen LogP contribution in [0.25, 0.3) is 0 Å². The summed E-state index contributed by atoms with van der Waals surface area (Å²) in [4.78, 5) is 10.1. The van der Waals surface area contributed by atoms with E-state index in [1.807, 2.05) is 13.8 Å². The lowest BCUT2D eigenvalue weighted by Gasteiger charge is -2.04. The first-order valence-electron chi connectivity index (χ1n) is 3.85. The van der Waals surface area contributed by atoms with Crippen molar-refractivity contribution in [2.75, 3.05) is 0 Å². The molecule has 0 aliphatic carbocycles. The van der Waals surface area contributed by atoms with Gasteiger partial charge in [0.2, 0.25) is 0 Å². The number of nitrogens with zero attached hydrogens (tertiary/aromatic N) is 2. The number of hydrogen-bond acceptors (Lipinski definition) is 3. The first-order chi connectivity index (χ1) is 5.72. The smallest absolute Gasteiger partial charge is 0.157 e. The van der Waals surface area contributed by atoms with E-state index in [9.17, 15) is 4.79 Å². The van der Waals surface area contributed by atoms with Gasteiger partial charge in [0.15, 0.2) is 5.75 Å². The van der Waals surface area contributed by atoms with Gasteiger partial charge in [-0.25, -0.2) is 0 Å². The topological polar surface area (TPSA) is 44.1 Å². The van der Waals surface area contributed by atoms with Crippen molar-refractivity contribution >= 4 is 6.29 Å². The van der Waals surface area contributed by atoms with Gasteiger partial charge in [-0.15, -0.1) is 0 Å². The van der Waals surface area contributed by atoms with Crippen molar-refractivity contribution in [2.45, 2.75) is 26.5 Å². The Labute approximate surface area is 71.1 Å². The molecule has 1 aromatic rings. The Hall–Kier alpha value is -1.32. The van der Waals surface area contributed by atoms with E-state index in [4.69, 9.17) is 4.74 Å². The molecule has 0 radical (unpaired) electrons. The molecular weight excluding hydrogens is 156 g/mol. The molecule has 4 nitrogen and oxygen atoms in total. The first-order valence-corrected chi connectivity index (χ1v) is 3.85. The van der Waals surface area contributed by atoms with E-state index in [0.717, 1.165) is 6.29 Å². The monoisotopic (exact) mass is 168 g/mol. The van der Waals surface area contributed by atoms with E-state index in [1.165, 1.54) is 4.68 Å². The van der Waals surface area contributed by atoms with Crippen LogP contribution in [0.1, 0.15) is 13.8 Å². The van der Waals surface area contributed by atoms with E-state index >= 15 is 0 Å². The lowest BCUT2D eigenvalue weighted by molar-refractivity contribution is -0.108. The molecule has 0 aromatic carbocycles. The number of carbonyl (C=O) groups is 1. The SMILES string of the molecule is CC(C)Oc1cnn(CC=O)c1. The van der Waals surface area contributed by atoms with E-state index in [1.54, 1.807) is 12.4 Å². The molecule has 0 spiro atoms. The summed E-state index contributed by atoms with van der Waals surface area (Å²) in [5.41, 5.74) is 0. The van der Waals surface area contributed by atoms with Crippen LogP contribution in [0.2, 0.25) is 0 Å². The van der Waals surface area contributed by atoms with Gasteiger partial charge in [0.25, 0.3) is 0 Å². The summed E-state index contributed by atoms with van der Waals surface area (Å²) in [6, 6.07) is 0. The first kappa shape index (κ1) is 8.77. The minimum atomic E-state index is 0.138. The molecule has 0 saturated heterocycles. The van der Waals surface area contributed by atoms with Gasteiger partial charge in [-0.2, -0.15) is 5.10 Å². The number of carbonyl (C=O) groups excluding carboxylic acids is 1. The highest BCUT2D eigenvalue weighted by atomic mass is 16.5. The van der Waals surface area contributed by atoms with Gasteiger partial charge in [0.05, 0.1) is 25.0 Å². The number of rotatable bonds is 4. The predicted molar refractivity (Wildman–Crippen MR) is 44.1 cm³/mol. The van der Waals surface area contributed by atoms with Crippen molar-refractivity contribution in [1.29, 1.82) is 0 Å². The molecule has 1 rings (SSSR count). The molecule has 0 saturated carbocycles. The van der Waals surface area contributed by atoms with Crippen LogP contribution in [-0.2, 0) is 11.3 Å². The van der Waals surface area contributed by atoms with Crippen LogP contribution in [0.15, 0.2) is 12.4 Å². The maximum absolute atomic E-state index is 10.1.